The first-order valence-electron chi connectivity index (χ1n) is 12.6. The lowest BCUT2D eigenvalue weighted by molar-refractivity contribution is 0.309. The summed E-state index contributed by atoms with van der Waals surface area (Å²) >= 11 is 0. The summed E-state index contributed by atoms with van der Waals surface area (Å²) in [7, 11) is -3.54. The Balaban J connectivity index is 1.37. The number of nitrogens with zero attached hydrogens (tertiary/aromatic N) is 4. The molecule has 0 amide bonds. The van der Waals surface area contributed by atoms with Gasteiger partial charge in [0.2, 0.25) is 16.0 Å². The number of aromatic nitrogens is 2. The van der Waals surface area contributed by atoms with Crippen molar-refractivity contribution in [2.75, 3.05) is 43.0 Å². The highest BCUT2D eigenvalue weighted by atomic mass is 32.2. The maximum Gasteiger partial charge on any atom is 0.243 e. The van der Waals surface area contributed by atoms with Crippen molar-refractivity contribution in [3.63, 3.8) is 0 Å². The Morgan fingerprint density at radius 2 is 1.74 bits per heavy atom. The van der Waals surface area contributed by atoms with E-state index in [0.29, 0.717) is 55.4 Å². The van der Waals surface area contributed by atoms with E-state index in [9.17, 15) is 8.42 Å². The number of benzene rings is 1. The minimum atomic E-state index is -3.54. The summed E-state index contributed by atoms with van der Waals surface area (Å²) < 4.78 is 33.5. The van der Waals surface area contributed by atoms with Crippen molar-refractivity contribution in [1.29, 1.82) is 0 Å². The fourth-order valence-electron chi connectivity index (χ4n) is 4.56. The number of unbranched alkanes of at least 4 members (excludes halogenated alkanes) is 1. The van der Waals surface area contributed by atoms with Crippen molar-refractivity contribution in [2.45, 2.75) is 69.7 Å². The van der Waals surface area contributed by atoms with E-state index in [1.54, 1.807) is 28.6 Å². The number of rotatable bonds is 9. The number of nitrogens with one attached hydrogen (secondary N) is 1. The van der Waals surface area contributed by atoms with Gasteiger partial charge in [0.25, 0.3) is 0 Å². The third kappa shape index (κ3) is 6.18. The number of hydrogen-bond donors (Lipinski definition) is 1. The molecule has 4 rings (SSSR count). The van der Waals surface area contributed by atoms with Crippen LogP contribution in [0.2, 0.25) is 0 Å². The lowest BCUT2D eigenvalue weighted by Crippen LogP contribution is -2.49. The van der Waals surface area contributed by atoms with Gasteiger partial charge in [-0.1, -0.05) is 32.6 Å². The van der Waals surface area contributed by atoms with E-state index in [1.165, 1.54) is 19.3 Å². The molecule has 1 aliphatic heterocycles. The SMILES string of the molecule is CCCCOc1ccc(S(=O)(=O)N2CCN(c3cc(C)nc(NC4CCCCC4)n3)CC2)cc1. The maximum absolute atomic E-state index is 13.2. The fourth-order valence-corrected chi connectivity index (χ4v) is 5.98. The summed E-state index contributed by atoms with van der Waals surface area (Å²) in [5.74, 6) is 2.24. The lowest BCUT2D eigenvalue weighted by atomic mass is 9.96. The van der Waals surface area contributed by atoms with Crippen LogP contribution in [0, 0.1) is 6.92 Å². The third-order valence-corrected chi connectivity index (χ3v) is 8.48. The maximum atomic E-state index is 13.2. The zero-order valence-corrected chi connectivity index (χ0v) is 21.2. The molecule has 2 heterocycles. The summed E-state index contributed by atoms with van der Waals surface area (Å²) in [4.78, 5) is 11.8. The van der Waals surface area contributed by atoms with Crippen molar-refractivity contribution < 1.29 is 13.2 Å². The van der Waals surface area contributed by atoms with Crippen molar-refractivity contribution in [2.24, 2.45) is 0 Å². The highest BCUT2D eigenvalue weighted by Crippen LogP contribution is 2.25. The molecule has 8 nitrogen and oxygen atoms in total. The second-order valence-corrected chi connectivity index (χ2v) is 11.2. The smallest absolute Gasteiger partial charge is 0.243 e. The highest BCUT2D eigenvalue weighted by molar-refractivity contribution is 7.89. The molecule has 1 aromatic heterocycles. The largest absolute Gasteiger partial charge is 0.494 e. The van der Waals surface area contributed by atoms with Gasteiger partial charge in [0.15, 0.2) is 0 Å². The number of anilines is 2. The van der Waals surface area contributed by atoms with Crippen molar-refractivity contribution in [1.82, 2.24) is 14.3 Å². The molecule has 0 spiro atoms. The Morgan fingerprint density at radius 1 is 1.03 bits per heavy atom. The summed E-state index contributed by atoms with van der Waals surface area (Å²) in [5, 5.41) is 3.51. The van der Waals surface area contributed by atoms with Crippen LogP contribution in [-0.4, -0.2) is 61.5 Å². The van der Waals surface area contributed by atoms with Gasteiger partial charge in [0.05, 0.1) is 11.5 Å². The third-order valence-electron chi connectivity index (χ3n) is 6.57. The molecule has 1 aliphatic carbocycles. The molecule has 186 valence electrons. The average Bonchev–Trinajstić information content (AvgIpc) is 2.85. The molecule has 0 unspecified atom stereocenters. The van der Waals surface area contributed by atoms with Gasteiger partial charge in [0, 0.05) is 44.0 Å². The number of sulfonamides is 1. The Hall–Kier alpha value is -2.39. The minimum absolute atomic E-state index is 0.306. The Kier molecular flexibility index (Phi) is 8.26. The van der Waals surface area contributed by atoms with E-state index in [0.717, 1.165) is 37.2 Å². The normalized spacial score (nSPS) is 18.1. The van der Waals surface area contributed by atoms with Crippen LogP contribution in [0.1, 0.15) is 57.6 Å². The first kappa shape index (κ1) is 24.7. The van der Waals surface area contributed by atoms with Crippen molar-refractivity contribution in [3.05, 3.63) is 36.0 Å². The van der Waals surface area contributed by atoms with Gasteiger partial charge in [-0.25, -0.2) is 13.4 Å². The summed E-state index contributed by atoms with van der Waals surface area (Å²) in [6.45, 7) is 6.76. The van der Waals surface area contributed by atoms with Crippen LogP contribution in [-0.2, 0) is 10.0 Å². The van der Waals surface area contributed by atoms with Gasteiger partial charge in [-0.05, 0) is 50.5 Å². The molecule has 1 N–H and O–H groups in total. The quantitative estimate of drug-likeness (QED) is 0.530. The Bertz CT molecular complexity index is 1030. The summed E-state index contributed by atoms with van der Waals surface area (Å²) in [6, 6.07) is 9.17. The Labute approximate surface area is 203 Å². The molecule has 0 radical (unpaired) electrons. The van der Waals surface area contributed by atoms with Crippen LogP contribution in [0.5, 0.6) is 5.75 Å². The second kappa shape index (κ2) is 11.4. The van der Waals surface area contributed by atoms with E-state index < -0.39 is 10.0 Å². The van der Waals surface area contributed by atoms with Gasteiger partial charge >= 0.3 is 0 Å². The molecule has 2 aromatic rings. The Morgan fingerprint density at radius 3 is 2.41 bits per heavy atom. The number of ether oxygens (including phenoxy) is 1. The summed E-state index contributed by atoms with van der Waals surface area (Å²) in [5.41, 5.74) is 0.916. The summed E-state index contributed by atoms with van der Waals surface area (Å²) in [6.07, 6.45) is 8.18. The molecule has 0 bridgehead atoms. The van der Waals surface area contributed by atoms with E-state index in [4.69, 9.17) is 9.72 Å². The van der Waals surface area contributed by atoms with Crippen molar-refractivity contribution in [3.8, 4) is 5.75 Å². The predicted molar refractivity (Wildman–Crippen MR) is 135 cm³/mol. The number of piperazine rings is 1. The zero-order valence-electron chi connectivity index (χ0n) is 20.4. The number of hydrogen-bond acceptors (Lipinski definition) is 7. The van der Waals surface area contributed by atoms with Crippen LogP contribution in [0.25, 0.3) is 0 Å². The molecule has 1 aromatic carbocycles. The highest BCUT2D eigenvalue weighted by Gasteiger charge is 2.29. The standard InChI is InChI=1S/C25H37N5O3S/c1-3-4-18-33-22-10-12-23(13-11-22)34(31,32)30-16-14-29(15-17-30)24-19-20(2)26-25(28-24)27-21-8-6-5-7-9-21/h10-13,19,21H,3-9,14-18H2,1-2H3,(H,26,27,28). The first-order valence-corrected chi connectivity index (χ1v) is 14.0. The molecule has 2 fully saturated rings. The average molecular weight is 488 g/mol. The topological polar surface area (TPSA) is 87.7 Å². The van der Waals surface area contributed by atoms with Gasteiger partial charge < -0.3 is 15.0 Å². The minimum Gasteiger partial charge on any atom is -0.494 e. The van der Waals surface area contributed by atoms with Crippen LogP contribution >= 0.6 is 0 Å². The van der Waals surface area contributed by atoms with Crippen LogP contribution in [0.3, 0.4) is 0 Å². The molecule has 1 saturated carbocycles. The second-order valence-electron chi connectivity index (χ2n) is 9.23. The van der Waals surface area contributed by atoms with Crippen LogP contribution in [0.4, 0.5) is 11.8 Å². The van der Waals surface area contributed by atoms with E-state index >= 15 is 0 Å². The van der Waals surface area contributed by atoms with Crippen LogP contribution < -0.4 is 15.0 Å². The monoisotopic (exact) mass is 487 g/mol. The molecule has 1 saturated heterocycles. The van der Waals surface area contributed by atoms with E-state index in [1.807, 2.05) is 13.0 Å². The van der Waals surface area contributed by atoms with Crippen LogP contribution in [0.15, 0.2) is 35.2 Å². The van der Waals surface area contributed by atoms with Gasteiger partial charge in [-0.15, -0.1) is 0 Å². The van der Waals surface area contributed by atoms with E-state index in [-0.39, 0.29) is 0 Å². The molecular formula is C25H37N5O3S. The van der Waals surface area contributed by atoms with Crippen molar-refractivity contribution >= 4 is 21.8 Å². The fraction of sp³-hybridized carbons (Fsp3) is 0.600. The number of aryl methyl sites for hydroxylation is 1. The first-order chi connectivity index (χ1) is 16.5. The molecule has 0 atom stereocenters. The van der Waals surface area contributed by atoms with Gasteiger partial charge in [0.1, 0.15) is 11.6 Å². The molecule has 34 heavy (non-hydrogen) atoms. The van der Waals surface area contributed by atoms with E-state index in [2.05, 4.69) is 22.1 Å². The predicted octanol–water partition coefficient (Wildman–Crippen LogP) is 4.22. The zero-order chi connectivity index (χ0) is 24.0. The molecule has 2 aliphatic rings. The molecule has 9 heteroatoms. The molecular weight excluding hydrogens is 450 g/mol. The lowest BCUT2D eigenvalue weighted by Gasteiger charge is -2.35. The van der Waals surface area contributed by atoms with Gasteiger partial charge in [-0.3, -0.25) is 0 Å². The van der Waals surface area contributed by atoms with Gasteiger partial charge in [-0.2, -0.15) is 9.29 Å².